The topological polar surface area (TPSA) is 82.1 Å². The second-order valence-corrected chi connectivity index (χ2v) is 9.27. The summed E-state index contributed by atoms with van der Waals surface area (Å²) in [5.41, 5.74) is 3.68. The van der Waals surface area contributed by atoms with Gasteiger partial charge in [0.25, 0.3) is 5.91 Å². The van der Waals surface area contributed by atoms with Gasteiger partial charge >= 0.3 is 5.97 Å². The van der Waals surface area contributed by atoms with E-state index in [1.807, 2.05) is 24.3 Å². The van der Waals surface area contributed by atoms with Gasteiger partial charge in [-0.1, -0.05) is 12.1 Å². The maximum absolute atomic E-state index is 13.2. The summed E-state index contributed by atoms with van der Waals surface area (Å²) in [6, 6.07) is 10.9. The first-order chi connectivity index (χ1) is 17.0. The summed E-state index contributed by atoms with van der Waals surface area (Å²) in [5.74, 6) is -0.269. The summed E-state index contributed by atoms with van der Waals surface area (Å²) < 4.78 is 4.89. The first kappa shape index (κ1) is 24.9. The van der Waals surface area contributed by atoms with E-state index >= 15 is 0 Å². The highest BCUT2D eigenvalue weighted by molar-refractivity contribution is 6.04. The number of amides is 1. The van der Waals surface area contributed by atoms with Crippen LogP contribution >= 0.6 is 0 Å². The summed E-state index contributed by atoms with van der Waals surface area (Å²) in [5, 5.41) is 14.0. The van der Waals surface area contributed by atoms with Gasteiger partial charge < -0.3 is 15.2 Å². The van der Waals surface area contributed by atoms with E-state index in [0.717, 1.165) is 42.9 Å². The quantitative estimate of drug-likeness (QED) is 0.411. The van der Waals surface area contributed by atoms with Crippen molar-refractivity contribution in [1.82, 2.24) is 9.80 Å². The predicted octanol–water partition coefficient (Wildman–Crippen LogP) is 4.41. The number of phenolic OH excluding ortho intramolecular Hbond substituents is 1. The Morgan fingerprint density at radius 1 is 0.943 bits per heavy atom. The zero-order chi connectivity index (χ0) is 24.6. The number of benzene rings is 2. The normalized spacial score (nSPS) is 16.7. The lowest BCUT2D eigenvalue weighted by molar-refractivity contribution is -0.137. The van der Waals surface area contributed by atoms with Crippen LogP contribution in [0.5, 0.6) is 5.75 Å². The van der Waals surface area contributed by atoms with Crippen molar-refractivity contribution in [3.8, 4) is 5.75 Å². The third-order valence-electron chi connectivity index (χ3n) is 6.58. The Bertz CT molecular complexity index is 1010. The summed E-state index contributed by atoms with van der Waals surface area (Å²) in [7, 11) is 0. The fourth-order valence-corrected chi connectivity index (χ4v) is 4.73. The second-order valence-electron chi connectivity index (χ2n) is 9.27. The number of carbonyl (C=O) groups is 2. The average Bonchev–Trinajstić information content (AvgIpc) is 3.56. The van der Waals surface area contributed by atoms with Gasteiger partial charge in [0.2, 0.25) is 0 Å². The number of hydrogen-bond donors (Lipinski definition) is 2. The molecule has 0 spiro atoms. The van der Waals surface area contributed by atoms with Crippen LogP contribution < -0.4 is 5.32 Å². The van der Waals surface area contributed by atoms with Crippen molar-refractivity contribution in [3.05, 3.63) is 64.7 Å². The Morgan fingerprint density at radius 2 is 1.49 bits per heavy atom. The third-order valence-corrected chi connectivity index (χ3v) is 6.58. The van der Waals surface area contributed by atoms with E-state index in [1.54, 1.807) is 25.1 Å². The lowest BCUT2D eigenvalue weighted by Crippen LogP contribution is -2.22. The summed E-state index contributed by atoms with van der Waals surface area (Å²) in [6.45, 7) is 7.50. The second kappa shape index (κ2) is 12.0. The Balaban J connectivity index is 1.49. The number of carbonyl (C=O) groups excluding carboxylic acids is 2. The summed E-state index contributed by atoms with van der Waals surface area (Å²) in [4.78, 5) is 29.3. The molecular weight excluding hydrogens is 442 g/mol. The van der Waals surface area contributed by atoms with Gasteiger partial charge in [0.15, 0.2) is 0 Å². The number of nitrogens with one attached hydrogen (secondary N) is 1. The molecule has 2 aromatic carbocycles. The van der Waals surface area contributed by atoms with Crippen molar-refractivity contribution in [2.45, 2.75) is 45.7 Å². The lowest BCUT2D eigenvalue weighted by Gasteiger charge is -2.21. The molecule has 186 valence electrons. The number of anilines is 1. The van der Waals surface area contributed by atoms with Crippen molar-refractivity contribution in [3.63, 3.8) is 0 Å². The number of likely N-dealkylation sites (tertiary alicyclic amines) is 2. The highest BCUT2D eigenvalue weighted by Gasteiger charge is 2.21. The van der Waals surface area contributed by atoms with E-state index in [9.17, 15) is 14.7 Å². The summed E-state index contributed by atoms with van der Waals surface area (Å²) in [6.07, 6.45) is 7.76. The smallest absolute Gasteiger partial charge is 0.330 e. The number of nitrogens with zero attached hydrogens (tertiary/aromatic N) is 2. The molecule has 35 heavy (non-hydrogen) atoms. The van der Waals surface area contributed by atoms with E-state index in [0.29, 0.717) is 36.7 Å². The molecule has 2 saturated heterocycles. The molecule has 7 heteroatoms. The van der Waals surface area contributed by atoms with Gasteiger partial charge in [-0.15, -0.1) is 0 Å². The first-order valence-corrected chi connectivity index (χ1v) is 12.6. The van der Waals surface area contributed by atoms with E-state index in [-0.39, 0.29) is 11.9 Å². The molecule has 0 saturated carbocycles. The monoisotopic (exact) mass is 477 g/mol. The molecule has 0 radical (unpaired) electrons. The molecule has 0 aliphatic carbocycles. The van der Waals surface area contributed by atoms with Crippen LogP contribution in [0.4, 0.5) is 5.69 Å². The molecule has 2 aliphatic heterocycles. The Hall–Kier alpha value is -3.16. The maximum Gasteiger partial charge on any atom is 0.330 e. The molecule has 0 unspecified atom stereocenters. The number of aromatic hydroxyl groups is 1. The highest BCUT2D eigenvalue weighted by Crippen LogP contribution is 2.30. The number of phenols is 1. The highest BCUT2D eigenvalue weighted by atomic mass is 16.5. The molecule has 2 aliphatic rings. The van der Waals surface area contributed by atoms with Crippen LogP contribution in [0.25, 0.3) is 6.08 Å². The summed E-state index contributed by atoms with van der Waals surface area (Å²) >= 11 is 0. The minimum Gasteiger partial charge on any atom is -0.507 e. The number of hydrogen-bond acceptors (Lipinski definition) is 6. The predicted molar refractivity (Wildman–Crippen MR) is 137 cm³/mol. The molecule has 4 rings (SSSR count). The molecule has 2 aromatic rings. The van der Waals surface area contributed by atoms with Crippen LogP contribution in [0.2, 0.25) is 0 Å². The van der Waals surface area contributed by atoms with E-state index in [4.69, 9.17) is 4.74 Å². The largest absolute Gasteiger partial charge is 0.507 e. The van der Waals surface area contributed by atoms with Gasteiger partial charge in [-0.05, 0) is 94.7 Å². The van der Waals surface area contributed by atoms with Gasteiger partial charge in [0, 0.05) is 41.5 Å². The Morgan fingerprint density at radius 3 is 2.00 bits per heavy atom. The van der Waals surface area contributed by atoms with Crippen molar-refractivity contribution < 1.29 is 19.4 Å². The van der Waals surface area contributed by atoms with Gasteiger partial charge in [0.1, 0.15) is 5.75 Å². The third kappa shape index (κ3) is 6.93. The fourth-order valence-electron chi connectivity index (χ4n) is 4.73. The lowest BCUT2D eigenvalue weighted by atomic mass is 10.0. The van der Waals surface area contributed by atoms with Crippen LogP contribution in [-0.2, 0) is 22.6 Å². The van der Waals surface area contributed by atoms with Crippen molar-refractivity contribution in [1.29, 1.82) is 0 Å². The zero-order valence-corrected chi connectivity index (χ0v) is 20.5. The standard InChI is InChI=1S/C28H35N3O4/c1-2-35-26(32)12-9-21-7-10-25(11-8-21)29-28(34)22-17-23(19-30-13-3-4-14-30)27(33)24(18-22)20-31-15-5-6-16-31/h7-12,17-18,33H,2-6,13-16,19-20H2,1H3,(H,29,34)/b12-9+. The Kier molecular flexibility index (Phi) is 8.55. The van der Waals surface area contributed by atoms with Gasteiger partial charge in [0.05, 0.1) is 6.61 Å². The molecule has 0 atom stereocenters. The molecule has 2 N–H and O–H groups in total. The number of esters is 1. The van der Waals surface area contributed by atoms with E-state index in [1.165, 1.54) is 31.8 Å². The number of ether oxygens (including phenoxy) is 1. The Labute approximate surface area is 207 Å². The van der Waals surface area contributed by atoms with Crippen LogP contribution in [0.15, 0.2) is 42.5 Å². The molecule has 0 bridgehead atoms. The molecule has 1 amide bonds. The van der Waals surface area contributed by atoms with Gasteiger partial charge in [-0.3, -0.25) is 14.6 Å². The molecular formula is C28H35N3O4. The molecule has 2 heterocycles. The van der Waals surface area contributed by atoms with E-state index in [2.05, 4.69) is 15.1 Å². The van der Waals surface area contributed by atoms with Crippen LogP contribution in [0, 0.1) is 0 Å². The van der Waals surface area contributed by atoms with Crippen molar-refractivity contribution in [2.24, 2.45) is 0 Å². The maximum atomic E-state index is 13.2. The van der Waals surface area contributed by atoms with Crippen LogP contribution in [0.1, 0.15) is 59.7 Å². The van der Waals surface area contributed by atoms with Gasteiger partial charge in [-0.25, -0.2) is 4.79 Å². The van der Waals surface area contributed by atoms with Crippen molar-refractivity contribution >= 4 is 23.6 Å². The molecule has 7 nitrogen and oxygen atoms in total. The van der Waals surface area contributed by atoms with Gasteiger partial charge in [-0.2, -0.15) is 0 Å². The molecule has 0 aromatic heterocycles. The minimum atomic E-state index is -0.383. The average molecular weight is 478 g/mol. The zero-order valence-electron chi connectivity index (χ0n) is 20.5. The van der Waals surface area contributed by atoms with E-state index < -0.39 is 0 Å². The fraction of sp³-hybridized carbons (Fsp3) is 0.429. The minimum absolute atomic E-state index is 0.204. The molecule has 2 fully saturated rings. The van der Waals surface area contributed by atoms with Crippen LogP contribution in [0.3, 0.4) is 0 Å². The number of rotatable bonds is 9. The first-order valence-electron chi connectivity index (χ1n) is 12.6. The van der Waals surface area contributed by atoms with Crippen molar-refractivity contribution in [2.75, 3.05) is 38.1 Å². The SMILES string of the molecule is CCOC(=O)/C=C/c1ccc(NC(=O)c2cc(CN3CCCC3)c(O)c(CN3CCCC3)c2)cc1. The van der Waals surface area contributed by atoms with Crippen LogP contribution in [-0.4, -0.2) is 59.6 Å².